The Morgan fingerprint density at radius 1 is 1.08 bits per heavy atom. The first-order valence-electron chi connectivity index (χ1n) is 7.83. The second-order valence-corrected chi connectivity index (χ2v) is 5.15. The van der Waals surface area contributed by atoms with Gasteiger partial charge in [0, 0.05) is 32.4 Å². The first-order chi connectivity index (χ1) is 11.7. The minimum absolute atomic E-state index is 0.348. The molecule has 1 aliphatic heterocycles. The Bertz CT molecular complexity index is 611. The monoisotopic (exact) mass is 329 g/mol. The van der Waals surface area contributed by atoms with Crippen LogP contribution in [0.1, 0.15) is 10.4 Å². The molecule has 128 valence electrons. The highest BCUT2D eigenvalue weighted by molar-refractivity contribution is 5.89. The minimum atomic E-state index is -0.348. The van der Waals surface area contributed by atoms with Gasteiger partial charge in [-0.3, -0.25) is 0 Å². The lowest BCUT2D eigenvalue weighted by molar-refractivity contribution is 0.0600. The molecule has 24 heavy (non-hydrogen) atoms. The van der Waals surface area contributed by atoms with Crippen LogP contribution in [0.3, 0.4) is 0 Å². The number of nitrogens with one attached hydrogen (secondary N) is 1. The van der Waals surface area contributed by atoms with Crippen LogP contribution in [0.15, 0.2) is 48.7 Å². The number of piperazine rings is 1. The first-order valence-corrected chi connectivity index (χ1v) is 7.83. The van der Waals surface area contributed by atoms with Crippen molar-refractivity contribution in [1.29, 1.82) is 0 Å². The number of carbonyl (C=O) groups excluding carboxylic acids is 1. The molecule has 0 aliphatic carbocycles. The van der Waals surface area contributed by atoms with E-state index in [1.165, 1.54) is 7.11 Å². The van der Waals surface area contributed by atoms with Crippen molar-refractivity contribution in [2.45, 2.75) is 0 Å². The van der Waals surface area contributed by atoms with Crippen molar-refractivity contribution < 1.29 is 14.3 Å². The summed E-state index contributed by atoms with van der Waals surface area (Å²) in [5.74, 6) is 1.47. The van der Waals surface area contributed by atoms with Gasteiger partial charge in [0.15, 0.2) is 0 Å². The molecule has 3 rings (SSSR count). The van der Waals surface area contributed by atoms with Gasteiger partial charge in [-0.15, -0.1) is 0 Å². The summed E-state index contributed by atoms with van der Waals surface area (Å²) in [5, 5.41) is 3.28. The highest BCUT2D eigenvalue weighted by Gasteiger charge is 2.12. The molecule has 1 saturated heterocycles. The molecule has 0 amide bonds. The fourth-order valence-corrected chi connectivity index (χ4v) is 2.26. The van der Waals surface area contributed by atoms with Crippen LogP contribution in [-0.2, 0) is 4.74 Å². The van der Waals surface area contributed by atoms with Gasteiger partial charge < -0.3 is 19.7 Å². The molecule has 1 aromatic heterocycles. The van der Waals surface area contributed by atoms with Gasteiger partial charge in [0.2, 0.25) is 0 Å². The number of anilines is 1. The van der Waals surface area contributed by atoms with E-state index in [-0.39, 0.29) is 5.97 Å². The molecule has 0 spiro atoms. The molecular weight excluding hydrogens is 306 g/mol. The molecule has 1 aliphatic rings. The van der Waals surface area contributed by atoms with Crippen LogP contribution in [0.4, 0.5) is 5.82 Å². The van der Waals surface area contributed by atoms with Crippen molar-refractivity contribution in [1.82, 2.24) is 10.3 Å². The summed E-state index contributed by atoms with van der Waals surface area (Å²) < 4.78 is 9.53. The fourth-order valence-electron chi connectivity index (χ4n) is 2.26. The van der Waals surface area contributed by atoms with Crippen LogP contribution >= 0.6 is 0 Å². The van der Waals surface area contributed by atoms with Gasteiger partial charge in [0.25, 0.3) is 0 Å². The quantitative estimate of drug-likeness (QED) is 0.869. The Hall–Kier alpha value is -2.60. The average molecular weight is 329 g/mol. The highest BCUT2D eigenvalue weighted by Crippen LogP contribution is 2.12. The van der Waals surface area contributed by atoms with Crippen molar-refractivity contribution >= 4 is 11.8 Å². The Kier molecular flexibility index (Phi) is 7.04. The molecule has 0 saturated carbocycles. The van der Waals surface area contributed by atoms with E-state index in [2.05, 4.69) is 19.9 Å². The number of nitrogens with zero attached hydrogens (tertiary/aromatic N) is 2. The number of benzene rings is 1. The number of rotatable bonds is 3. The second-order valence-electron chi connectivity index (χ2n) is 5.15. The normalized spacial score (nSPS) is 13.5. The Labute approximate surface area is 142 Å². The lowest BCUT2D eigenvalue weighted by atomic mass is 10.2. The number of hydrogen-bond acceptors (Lipinski definition) is 6. The van der Waals surface area contributed by atoms with Crippen molar-refractivity contribution in [2.75, 3.05) is 45.3 Å². The summed E-state index contributed by atoms with van der Waals surface area (Å²) in [4.78, 5) is 17.7. The van der Waals surface area contributed by atoms with E-state index in [0.717, 1.165) is 37.7 Å². The van der Waals surface area contributed by atoms with Crippen molar-refractivity contribution in [3.63, 3.8) is 0 Å². The maximum atomic E-state index is 11.2. The summed E-state index contributed by atoms with van der Waals surface area (Å²) in [7, 11) is 3.03. The van der Waals surface area contributed by atoms with E-state index in [1.807, 2.05) is 36.4 Å². The lowest BCUT2D eigenvalue weighted by Crippen LogP contribution is -2.43. The van der Waals surface area contributed by atoms with Gasteiger partial charge in [0.1, 0.15) is 11.6 Å². The number of esters is 1. The summed E-state index contributed by atoms with van der Waals surface area (Å²) in [6.45, 7) is 3.84. The predicted octanol–water partition coefficient (Wildman–Crippen LogP) is 1.97. The minimum Gasteiger partial charge on any atom is -0.497 e. The summed E-state index contributed by atoms with van der Waals surface area (Å²) in [6.07, 6.45) is 1.56. The third kappa shape index (κ3) is 5.24. The van der Waals surface area contributed by atoms with Crippen LogP contribution in [0, 0.1) is 0 Å². The molecule has 0 bridgehead atoms. The standard InChI is InChI=1S/C11H15N3O2.C7H8O/c1-16-11(15)9-2-3-10(13-8-9)14-6-4-12-5-7-14;1-8-7-5-3-2-4-6-7/h2-3,8,12H,4-7H2,1H3;2-6H,1H3. The van der Waals surface area contributed by atoms with Crippen LogP contribution in [0.25, 0.3) is 0 Å². The fraction of sp³-hybridized carbons (Fsp3) is 0.333. The number of para-hydroxylation sites is 1. The molecule has 0 radical (unpaired) electrons. The molecule has 6 heteroatoms. The number of hydrogen-bond donors (Lipinski definition) is 1. The molecule has 1 aromatic carbocycles. The van der Waals surface area contributed by atoms with Crippen LogP contribution < -0.4 is 15.0 Å². The van der Waals surface area contributed by atoms with Gasteiger partial charge in [0.05, 0.1) is 19.8 Å². The second kappa shape index (κ2) is 9.52. The summed E-state index contributed by atoms with van der Waals surface area (Å²) in [5.41, 5.74) is 0.487. The third-order valence-electron chi connectivity index (χ3n) is 3.59. The first kappa shape index (κ1) is 17.7. The SMILES string of the molecule is COC(=O)c1ccc(N2CCNCC2)nc1.COc1ccccc1. The van der Waals surface area contributed by atoms with Gasteiger partial charge in [-0.05, 0) is 24.3 Å². The summed E-state index contributed by atoms with van der Waals surface area (Å²) in [6, 6.07) is 13.3. The third-order valence-corrected chi connectivity index (χ3v) is 3.59. The zero-order valence-electron chi connectivity index (χ0n) is 14.1. The van der Waals surface area contributed by atoms with Gasteiger partial charge in [-0.25, -0.2) is 9.78 Å². The summed E-state index contributed by atoms with van der Waals surface area (Å²) >= 11 is 0. The Morgan fingerprint density at radius 2 is 1.79 bits per heavy atom. The molecule has 6 nitrogen and oxygen atoms in total. The predicted molar refractivity (Wildman–Crippen MR) is 93.7 cm³/mol. The molecule has 0 unspecified atom stereocenters. The van der Waals surface area contributed by atoms with Gasteiger partial charge >= 0.3 is 5.97 Å². The van der Waals surface area contributed by atoms with E-state index in [4.69, 9.17) is 4.74 Å². The molecule has 2 heterocycles. The molecule has 0 atom stereocenters. The molecule has 1 fully saturated rings. The van der Waals surface area contributed by atoms with Crippen LogP contribution in [-0.4, -0.2) is 51.4 Å². The molecule has 2 aromatic rings. The topological polar surface area (TPSA) is 63.7 Å². The van der Waals surface area contributed by atoms with E-state index < -0.39 is 0 Å². The molecule has 1 N–H and O–H groups in total. The lowest BCUT2D eigenvalue weighted by Gasteiger charge is -2.28. The number of ether oxygens (including phenoxy) is 2. The zero-order chi connectivity index (χ0) is 17.2. The van der Waals surface area contributed by atoms with E-state index in [9.17, 15) is 4.79 Å². The number of carbonyl (C=O) groups is 1. The highest BCUT2D eigenvalue weighted by atomic mass is 16.5. The number of pyridine rings is 1. The largest absolute Gasteiger partial charge is 0.497 e. The Morgan fingerprint density at radius 3 is 2.29 bits per heavy atom. The zero-order valence-corrected chi connectivity index (χ0v) is 14.1. The van der Waals surface area contributed by atoms with Crippen LogP contribution in [0.2, 0.25) is 0 Å². The van der Waals surface area contributed by atoms with Crippen molar-refractivity contribution in [3.8, 4) is 5.75 Å². The van der Waals surface area contributed by atoms with E-state index in [1.54, 1.807) is 19.4 Å². The van der Waals surface area contributed by atoms with Gasteiger partial charge in [-0.1, -0.05) is 18.2 Å². The average Bonchev–Trinajstić information content (AvgIpc) is 2.69. The number of aromatic nitrogens is 1. The Balaban J connectivity index is 0.000000219. The van der Waals surface area contributed by atoms with Crippen molar-refractivity contribution in [3.05, 3.63) is 54.2 Å². The van der Waals surface area contributed by atoms with Crippen LogP contribution in [0.5, 0.6) is 5.75 Å². The number of methoxy groups -OCH3 is 2. The smallest absolute Gasteiger partial charge is 0.339 e. The van der Waals surface area contributed by atoms with Crippen molar-refractivity contribution in [2.24, 2.45) is 0 Å². The molecular formula is C18H23N3O3. The van der Waals surface area contributed by atoms with E-state index >= 15 is 0 Å². The maximum Gasteiger partial charge on any atom is 0.339 e. The van der Waals surface area contributed by atoms with E-state index in [0.29, 0.717) is 5.56 Å². The maximum absolute atomic E-state index is 11.2. The van der Waals surface area contributed by atoms with Gasteiger partial charge in [-0.2, -0.15) is 0 Å².